The van der Waals surface area contributed by atoms with Crippen molar-refractivity contribution in [2.45, 2.75) is 57.9 Å². The van der Waals surface area contributed by atoms with Gasteiger partial charge in [-0.3, -0.25) is 4.79 Å². The first kappa shape index (κ1) is 20.6. The van der Waals surface area contributed by atoms with Crippen LogP contribution < -0.4 is 5.32 Å². The first-order valence-electron chi connectivity index (χ1n) is 8.25. The fraction of sp³-hybridized carbons (Fsp3) is 0.611. The van der Waals surface area contributed by atoms with Gasteiger partial charge in [-0.25, -0.2) is 8.42 Å². The highest BCUT2D eigenvalue weighted by molar-refractivity contribution is 7.92. The fourth-order valence-corrected chi connectivity index (χ4v) is 3.51. The van der Waals surface area contributed by atoms with Gasteiger partial charge in [0.25, 0.3) is 0 Å². The lowest BCUT2D eigenvalue weighted by Crippen LogP contribution is -2.48. The Labute approximate surface area is 145 Å². The lowest BCUT2D eigenvalue weighted by molar-refractivity contribution is -0.145. The minimum atomic E-state index is -3.32. The molecule has 6 heteroatoms. The molecule has 0 saturated heterocycles. The topological polar surface area (TPSA) is 72.5 Å². The zero-order valence-electron chi connectivity index (χ0n) is 15.2. The maximum atomic E-state index is 12.6. The summed E-state index contributed by atoms with van der Waals surface area (Å²) in [6.45, 7) is 8.81. The molecule has 1 rings (SSSR count). The zero-order valence-corrected chi connectivity index (χ0v) is 16.0. The number of carbonyl (C=O) groups is 1. The molecule has 2 atom stereocenters. The molecule has 136 valence electrons. The molecule has 1 aromatic rings. The molecule has 0 bridgehead atoms. The number of carbonyl (C=O) groups excluding carboxylic acids is 1. The van der Waals surface area contributed by atoms with Crippen LogP contribution >= 0.6 is 0 Å². The molecule has 0 spiro atoms. The van der Waals surface area contributed by atoms with Gasteiger partial charge in [-0.1, -0.05) is 30.3 Å². The fourth-order valence-electron chi connectivity index (χ4n) is 2.27. The van der Waals surface area contributed by atoms with Gasteiger partial charge in [-0.05, 0) is 46.6 Å². The lowest BCUT2D eigenvalue weighted by Gasteiger charge is -2.26. The van der Waals surface area contributed by atoms with E-state index in [1.54, 1.807) is 34.6 Å². The van der Waals surface area contributed by atoms with Crippen LogP contribution in [-0.4, -0.2) is 43.6 Å². The second-order valence-electron chi connectivity index (χ2n) is 6.92. The third-order valence-corrected chi connectivity index (χ3v) is 6.51. The summed E-state index contributed by atoms with van der Waals surface area (Å²) in [5.74, 6) is -0.404. The first-order chi connectivity index (χ1) is 11.1. The number of nitrogens with one attached hydrogen (secondary N) is 1. The molecule has 0 fully saturated rings. The van der Waals surface area contributed by atoms with Crippen molar-refractivity contribution >= 4 is 15.8 Å². The predicted octanol–water partition coefficient (Wildman–Crippen LogP) is 2.35. The van der Waals surface area contributed by atoms with Crippen LogP contribution in [0, 0.1) is 0 Å². The Bertz CT molecular complexity index is 620. The van der Waals surface area contributed by atoms with E-state index in [1.165, 1.54) is 0 Å². The quantitative estimate of drug-likeness (QED) is 0.725. The van der Waals surface area contributed by atoms with Crippen LogP contribution in [0.2, 0.25) is 0 Å². The lowest BCUT2D eigenvalue weighted by atomic mass is 10.1. The van der Waals surface area contributed by atoms with Crippen LogP contribution in [-0.2, 0) is 25.8 Å². The van der Waals surface area contributed by atoms with Crippen LogP contribution in [0.1, 0.15) is 40.2 Å². The zero-order chi connectivity index (χ0) is 18.4. The van der Waals surface area contributed by atoms with Gasteiger partial charge >= 0.3 is 5.97 Å². The van der Waals surface area contributed by atoms with Gasteiger partial charge in [0.05, 0.1) is 17.1 Å². The molecule has 0 aliphatic rings. The molecule has 0 aliphatic carbocycles. The van der Waals surface area contributed by atoms with E-state index in [2.05, 4.69) is 5.32 Å². The van der Waals surface area contributed by atoms with E-state index >= 15 is 0 Å². The van der Waals surface area contributed by atoms with Crippen LogP contribution in [0.15, 0.2) is 30.3 Å². The molecule has 24 heavy (non-hydrogen) atoms. The van der Waals surface area contributed by atoms with Gasteiger partial charge < -0.3 is 10.1 Å². The molecule has 0 saturated carbocycles. The molecule has 5 nitrogen and oxygen atoms in total. The van der Waals surface area contributed by atoms with Gasteiger partial charge in [-0.15, -0.1) is 0 Å². The number of sulfone groups is 1. The highest BCUT2D eigenvalue weighted by Crippen LogP contribution is 2.18. The summed E-state index contributed by atoms with van der Waals surface area (Å²) in [4.78, 5) is 11.9. The molecule has 0 heterocycles. The molecular formula is C18H29NO4S. The highest BCUT2D eigenvalue weighted by atomic mass is 32.2. The van der Waals surface area contributed by atoms with Crippen molar-refractivity contribution in [1.82, 2.24) is 5.32 Å². The van der Waals surface area contributed by atoms with Crippen molar-refractivity contribution in [3.63, 3.8) is 0 Å². The van der Waals surface area contributed by atoms with Gasteiger partial charge in [-0.2, -0.15) is 0 Å². The summed E-state index contributed by atoms with van der Waals surface area (Å²) in [6.07, 6.45) is 0.528. The summed E-state index contributed by atoms with van der Waals surface area (Å²) in [5, 5.41) is 3.12. The van der Waals surface area contributed by atoms with Crippen LogP contribution in [0.3, 0.4) is 0 Å². The minimum Gasteiger partial charge on any atom is -0.465 e. The SMILES string of the molecule is CCOC(=O)C(C)N[C@@H](Cc1ccccc1)CS(=O)(=O)C(C)(C)C. The predicted molar refractivity (Wildman–Crippen MR) is 96.7 cm³/mol. The number of esters is 1. The second kappa shape index (κ2) is 8.62. The van der Waals surface area contributed by atoms with Crippen molar-refractivity contribution in [3.8, 4) is 0 Å². The molecular weight excluding hydrogens is 326 g/mol. The largest absolute Gasteiger partial charge is 0.465 e. The Morgan fingerprint density at radius 2 is 1.79 bits per heavy atom. The van der Waals surface area contributed by atoms with Crippen molar-refractivity contribution < 1.29 is 17.9 Å². The molecule has 1 aromatic carbocycles. The number of ether oxygens (including phenoxy) is 1. The normalized spacial score (nSPS) is 14.9. The van der Waals surface area contributed by atoms with Gasteiger partial charge in [0.2, 0.25) is 0 Å². The Morgan fingerprint density at radius 1 is 1.21 bits per heavy atom. The van der Waals surface area contributed by atoms with E-state index < -0.39 is 20.6 Å². The van der Waals surface area contributed by atoms with Gasteiger partial charge in [0.15, 0.2) is 9.84 Å². The van der Waals surface area contributed by atoms with Crippen LogP contribution in [0.4, 0.5) is 0 Å². The summed E-state index contributed by atoms with van der Waals surface area (Å²) in [6, 6.07) is 8.73. The number of rotatable bonds is 8. The van der Waals surface area contributed by atoms with Crippen molar-refractivity contribution in [3.05, 3.63) is 35.9 Å². The average molecular weight is 356 g/mol. The first-order valence-corrected chi connectivity index (χ1v) is 9.91. The third kappa shape index (κ3) is 6.24. The summed E-state index contributed by atoms with van der Waals surface area (Å²) < 4.78 is 29.3. The van der Waals surface area contributed by atoms with E-state index in [4.69, 9.17) is 4.74 Å². The average Bonchev–Trinajstić information content (AvgIpc) is 2.46. The Balaban J connectivity index is 2.93. The van der Waals surface area contributed by atoms with Crippen molar-refractivity contribution in [2.24, 2.45) is 0 Å². The molecule has 0 aromatic heterocycles. The van der Waals surface area contributed by atoms with Gasteiger partial charge in [0, 0.05) is 6.04 Å². The summed E-state index contributed by atoms with van der Waals surface area (Å²) in [5.41, 5.74) is 1.02. The Kier molecular flexibility index (Phi) is 7.42. The second-order valence-corrected chi connectivity index (χ2v) is 9.71. The maximum Gasteiger partial charge on any atom is 0.322 e. The van der Waals surface area contributed by atoms with Crippen LogP contribution in [0.25, 0.3) is 0 Å². The minimum absolute atomic E-state index is 0.0326. The van der Waals surface area contributed by atoms with Crippen molar-refractivity contribution in [2.75, 3.05) is 12.4 Å². The van der Waals surface area contributed by atoms with E-state index in [9.17, 15) is 13.2 Å². The third-order valence-electron chi connectivity index (χ3n) is 3.80. The number of benzene rings is 1. The molecule has 0 aliphatic heterocycles. The maximum absolute atomic E-state index is 12.6. The highest BCUT2D eigenvalue weighted by Gasteiger charge is 2.32. The monoisotopic (exact) mass is 355 g/mol. The van der Waals surface area contributed by atoms with Crippen LogP contribution in [0.5, 0.6) is 0 Å². The van der Waals surface area contributed by atoms with E-state index in [0.717, 1.165) is 5.56 Å². The molecule has 0 radical (unpaired) electrons. The standard InChI is InChI=1S/C18H29NO4S/c1-6-23-17(20)14(2)19-16(12-15-10-8-7-9-11-15)13-24(21,22)18(3,4)5/h7-11,14,16,19H,6,12-13H2,1-5H3/t14?,16-/m0/s1. The van der Waals surface area contributed by atoms with E-state index in [-0.39, 0.29) is 17.8 Å². The Hall–Kier alpha value is -1.40. The molecule has 1 unspecified atom stereocenters. The molecule has 1 N–H and O–H groups in total. The number of hydrogen-bond donors (Lipinski definition) is 1. The summed E-state index contributed by atoms with van der Waals surface area (Å²) >= 11 is 0. The number of hydrogen-bond acceptors (Lipinski definition) is 5. The molecule has 0 amide bonds. The van der Waals surface area contributed by atoms with Gasteiger partial charge in [0.1, 0.15) is 6.04 Å². The smallest absolute Gasteiger partial charge is 0.322 e. The van der Waals surface area contributed by atoms with Crippen molar-refractivity contribution in [1.29, 1.82) is 0 Å². The van der Waals surface area contributed by atoms with E-state index in [0.29, 0.717) is 13.0 Å². The van der Waals surface area contributed by atoms with E-state index in [1.807, 2.05) is 30.3 Å². The Morgan fingerprint density at radius 3 is 2.29 bits per heavy atom. The summed E-state index contributed by atoms with van der Waals surface area (Å²) in [7, 11) is -3.32.